The number of rotatable bonds is 7. The largest absolute Gasteiger partial charge is 0.378 e. The molecule has 3 rings (SSSR count). The molecule has 0 aromatic heterocycles. The molecule has 2 atom stereocenters. The number of nitrogens with one attached hydrogen (secondary N) is 1. The molecule has 2 aliphatic rings. The molecule has 1 aliphatic carbocycles. The molecule has 0 spiro atoms. The minimum absolute atomic E-state index is 0.00837. The third kappa shape index (κ3) is 4.85. The van der Waals surface area contributed by atoms with Gasteiger partial charge in [-0.25, -0.2) is 0 Å². The molecule has 1 heterocycles. The van der Waals surface area contributed by atoms with Gasteiger partial charge in [0.05, 0.1) is 19.1 Å². The molecule has 2 unspecified atom stereocenters. The van der Waals surface area contributed by atoms with E-state index in [0.29, 0.717) is 44.6 Å². The van der Waals surface area contributed by atoms with Crippen molar-refractivity contribution in [2.45, 2.75) is 45.1 Å². The molecule has 26 heavy (non-hydrogen) atoms. The molecule has 5 heteroatoms. The lowest BCUT2D eigenvalue weighted by Crippen LogP contribution is -2.53. The highest BCUT2D eigenvalue weighted by atomic mass is 16.5. The van der Waals surface area contributed by atoms with E-state index in [1.54, 1.807) is 0 Å². The molecular weight excluding hydrogens is 328 g/mol. The van der Waals surface area contributed by atoms with Crippen LogP contribution in [0.1, 0.15) is 44.6 Å². The van der Waals surface area contributed by atoms with Crippen molar-refractivity contribution in [1.29, 1.82) is 0 Å². The van der Waals surface area contributed by atoms with Gasteiger partial charge in [-0.1, -0.05) is 44.2 Å². The van der Waals surface area contributed by atoms with Gasteiger partial charge in [-0.05, 0) is 36.7 Å². The van der Waals surface area contributed by atoms with Gasteiger partial charge in [0.25, 0.3) is 0 Å². The summed E-state index contributed by atoms with van der Waals surface area (Å²) in [6.07, 6.45) is 2.83. The average Bonchev–Trinajstić information content (AvgIpc) is 3.47. The summed E-state index contributed by atoms with van der Waals surface area (Å²) in [6, 6.07) is 9.50. The number of morpholine rings is 1. The van der Waals surface area contributed by atoms with Gasteiger partial charge >= 0.3 is 0 Å². The minimum Gasteiger partial charge on any atom is -0.378 e. The van der Waals surface area contributed by atoms with Gasteiger partial charge in [0, 0.05) is 13.1 Å². The van der Waals surface area contributed by atoms with E-state index in [1.807, 2.05) is 35.2 Å². The van der Waals surface area contributed by atoms with Gasteiger partial charge in [0.1, 0.15) is 6.04 Å². The van der Waals surface area contributed by atoms with Crippen molar-refractivity contribution in [3.63, 3.8) is 0 Å². The van der Waals surface area contributed by atoms with Crippen LogP contribution in [0.15, 0.2) is 30.3 Å². The summed E-state index contributed by atoms with van der Waals surface area (Å²) in [4.78, 5) is 27.9. The van der Waals surface area contributed by atoms with Crippen LogP contribution in [-0.4, -0.2) is 49.1 Å². The fourth-order valence-corrected chi connectivity index (χ4v) is 3.69. The van der Waals surface area contributed by atoms with Crippen LogP contribution in [0, 0.1) is 11.8 Å². The Balaban J connectivity index is 1.72. The Morgan fingerprint density at radius 2 is 1.81 bits per heavy atom. The maximum absolute atomic E-state index is 13.1. The summed E-state index contributed by atoms with van der Waals surface area (Å²) in [5.41, 5.74) is 1.05. The van der Waals surface area contributed by atoms with Crippen molar-refractivity contribution in [3.05, 3.63) is 35.9 Å². The molecule has 1 saturated carbocycles. The lowest BCUT2D eigenvalue weighted by molar-refractivity contribution is -0.140. The molecule has 1 aromatic rings. The standard InChI is InChI=1S/C21H30N2O3/c1-15(2)14-18(21(25)23-10-12-26-13-11-23)22-20(24)19(17-8-9-17)16-6-4-3-5-7-16/h3-7,15,17-19H,8-14H2,1-2H3,(H,22,24). The number of benzene rings is 1. The average molecular weight is 358 g/mol. The first-order valence-corrected chi connectivity index (χ1v) is 9.78. The highest BCUT2D eigenvalue weighted by Crippen LogP contribution is 2.42. The molecule has 1 aliphatic heterocycles. The van der Waals surface area contributed by atoms with E-state index in [-0.39, 0.29) is 17.7 Å². The topological polar surface area (TPSA) is 58.6 Å². The van der Waals surface area contributed by atoms with E-state index >= 15 is 0 Å². The Morgan fingerprint density at radius 1 is 1.15 bits per heavy atom. The van der Waals surface area contributed by atoms with Crippen molar-refractivity contribution in [2.75, 3.05) is 26.3 Å². The molecule has 142 valence electrons. The van der Waals surface area contributed by atoms with E-state index in [4.69, 9.17) is 4.74 Å². The van der Waals surface area contributed by atoms with Crippen LogP contribution in [0.5, 0.6) is 0 Å². The second kappa shape index (κ2) is 8.67. The molecule has 2 fully saturated rings. The number of carbonyl (C=O) groups is 2. The minimum atomic E-state index is -0.453. The summed E-state index contributed by atoms with van der Waals surface area (Å²) >= 11 is 0. The van der Waals surface area contributed by atoms with E-state index in [0.717, 1.165) is 18.4 Å². The SMILES string of the molecule is CC(C)CC(NC(=O)C(c1ccccc1)C1CC1)C(=O)N1CCOCC1. The van der Waals surface area contributed by atoms with Crippen LogP contribution in [0.2, 0.25) is 0 Å². The highest BCUT2D eigenvalue weighted by Gasteiger charge is 2.39. The second-order valence-corrected chi connectivity index (χ2v) is 7.85. The summed E-state index contributed by atoms with van der Waals surface area (Å²) in [6.45, 7) is 6.52. The monoisotopic (exact) mass is 358 g/mol. The van der Waals surface area contributed by atoms with Crippen LogP contribution < -0.4 is 5.32 Å². The Hall–Kier alpha value is -1.88. The Labute approximate surface area is 156 Å². The molecule has 1 saturated heterocycles. The van der Waals surface area contributed by atoms with E-state index < -0.39 is 6.04 Å². The van der Waals surface area contributed by atoms with Crippen molar-refractivity contribution in [1.82, 2.24) is 10.2 Å². The van der Waals surface area contributed by atoms with E-state index in [9.17, 15) is 9.59 Å². The maximum Gasteiger partial charge on any atom is 0.245 e. The first-order valence-electron chi connectivity index (χ1n) is 9.78. The molecule has 1 N–H and O–H groups in total. The fraction of sp³-hybridized carbons (Fsp3) is 0.619. The van der Waals surface area contributed by atoms with Crippen LogP contribution in [0.3, 0.4) is 0 Å². The Morgan fingerprint density at radius 3 is 2.38 bits per heavy atom. The summed E-state index contributed by atoms with van der Waals surface area (Å²) in [5, 5.41) is 3.09. The number of carbonyl (C=O) groups excluding carboxylic acids is 2. The Kier molecular flexibility index (Phi) is 6.30. The van der Waals surface area contributed by atoms with Gasteiger partial charge in [-0.3, -0.25) is 9.59 Å². The lowest BCUT2D eigenvalue weighted by atomic mass is 9.92. The van der Waals surface area contributed by atoms with Crippen LogP contribution in [0.25, 0.3) is 0 Å². The van der Waals surface area contributed by atoms with Gasteiger partial charge in [0.15, 0.2) is 0 Å². The molecule has 5 nitrogen and oxygen atoms in total. The Bertz CT molecular complexity index is 607. The normalized spacial score (nSPS) is 19.9. The summed E-state index contributed by atoms with van der Waals surface area (Å²) < 4.78 is 5.35. The van der Waals surface area contributed by atoms with Crippen LogP contribution >= 0.6 is 0 Å². The number of hydrogen-bond donors (Lipinski definition) is 1. The zero-order valence-electron chi connectivity index (χ0n) is 15.8. The molecule has 0 bridgehead atoms. The smallest absolute Gasteiger partial charge is 0.245 e. The van der Waals surface area contributed by atoms with Crippen molar-refractivity contribution >= 4 is 11.8 Å². The molecule has 0 radical (unpaired) electrons. The zero-order chi connectivity index (χ0) is 18.5. The predicted octanol–water partition coefficient (Wildman–Crippen LogP) is 2.57. The van der Waals surface area contributed by atoms with Crippen molar-refractivity contribution in [2.24, 2.45) is 11.8 Å². The van der Waals surface area contributed by atoms with Crippen LogP contribution in [0.4, 0.5) is 0 Å². The third-order valence-electron chi connectivity index (χ3n) is 5.18. The quantitative estimate of drug-likeness (QED) is 0.815. The summed E-state index contributed by atoms with van der Waals surface area (Å²) in [7, 11) is 0. The number of amides is 2. The maximum atomic E-state index is 13.1. The first-order chi connectivity index (χ1) is 12.6. The summed E-state index contributed by atoms with van der Waals surface area (Å²) in [5.74, 6) is 0.601. The van der Waals surface area contributed by atoms with Crippen LogP contribution in [-0.2, 0) is 14.3 Å². The number of ether oxygens (including phenoxy) is 1. The third-order valence-corrected chi connectivity index (χ3v) is 5.18. The van der Waals surface area contributed by atoms with E-state index in [1.165, 1.54) is 0 Å². The number of hydrogen-bond acceptors (Lipinski definition) is 3. The lowest BCUT2D eigenvalue weighted by Gasteiger charge is -2.32. The second-order valence-electron chi connectivity index (χ2n) is 7.85. The highest BCUT2D eigenvalue weighted by molar-refractivity contribution is 5.91. The predicted molar refractivity (Wildman–Crippen MR) is 101 cm³/mol. The zero-order valence-corrected chi connectivity index (χ0v) is 15.8. The number of nitrogens with zero attached hydrogens (tertiary/aromatic N) is 1. The first kappa shape index (κ1) is 18.9. The van der Waals surface area contributed by atoms with E-state index in [2.05, 4.69) is 19.2 Å². The fourth-order valence-electron chi connectivity index (χ4n) is 3.69. The van der Waals surface area contributed by atoms with Gasteiger partial charge in [-0.2, -0.15) is 0 Å². The van der Waals surface area contributed by atoms with Gasteiger partial charge < -0.3 is 15.0 Å². The molecular formula is C21H30N2O3. The van der Waals surface area contributed by atoms with Gasteiger partial charge in [-0.15, -0.1) is 0 Å². The van der Waals surface area contributed by atoms with Gasteiger partial charge in [0.2, 0.25) is 11.8 Å². The van der Waals surface area contributed by atoms with Crippen molar-refractivity contribution in [3.8, 4) is 0 Å². The molecule has 1 aromatic carbocycles. The van der Waals surface area contributed by atoms with Crippen molar-refractivity contribution < 1.29 is 14.3 Å². The molecule has 2 amide bonds.